The van der Waals surface area contributed by atoms with Gasteiger partial charge in [-0.25, -0.2) is 0 Å². The Labute approximate surface area is 222 Å². The fourth-order valence-electron chi connectivity index (χ4n) is 9.53. The van der Waals surface area contributed by atoms with Crippen molar-refractivity contribution in [3.63, 3.8) is 0 Å². The number of aryl methyl sites for hydroxylation is 2. The van der Waals surface area contributed by atoms with Crippen molar-refractivity contribution in [3.05, 3.63) is 74.1 Å². The number of hydrogen-bond donors (Lipinski definition) is 0. The Balaban J connectivity index is 1.67. The van der Waals surface area contributed by atoms with Crippen molar-refractivity contribution in [1.82, 2.24) is 0 Å². The van der Waals surface area contributed by atoms with E-state index in [1.807, 2.05) is 6.55 Å². The molecule has 0 N–H and O–H groups in total. The summed E-state index contributed by atoms with van der Waals surface area (Å²) in [5, 5.41) is 0. The SMILES string of the molecule is Cc1ccc2c(c1)Cc1c-2ccc(C)[c]1[Zr](=[SiH2])([C]1=CC=CC1)([CH]1CCCCCC1)[CH]1CCCCCC1. The molecule has 0 aromatic heterocycles. The zero-order valence-corrected chi connectivity index (χ0v) is 26.8. The fourth-order valence-corrected chi connectivity index (χ4v) is 41.8. The molecule has 0 radical (unpaired) electrons. The third kappa shape index (κ3) is 3.83. The Morgan fingerprint density at radius 1 is 0.750 bits per heavy atom. The van der Waals surface area contributed by atoms with Crippen LogP contribution in [0.3, 0.4) is 0 Å². The summed E-state index contributed by atoms with van der Waals surface area (Å²) < 4.78 is 5.86. The fraction of sp³-hybridized carbons (Fsp3) is 0.529. The Hall–Kier alpha value is -0.980. The van der Waals surface area contributed by atoms with E-state index in [0.717, 1.165) is 7.25 Å². The molecule has 0 saturated heterocycles. The van der Waals surface area contributed by atoms with Crippen LogP contribution in [0.5, 0.6) is 0 Å². The molecule has 0 unspecified atom stereocenters. The Kier molecular flexibility index (Phi) is 7.00. The maximum absolute atomic E-state index is 3.78. The van der Waals surface area contributed by atoms with Crippen molar-refractivity contribution in [2.45, 2.75) is 111 Å². The number of fused-ring (bicyclic) bond motifs is 3. The third-order valence-electron chi connectivity index (χ3n) is 11.1. The van der Waals surface area contributed by atoms with E-state index in [2.05, 4.69) is 69.3 Å². The molecule has 0 atom stereocenters. The van der Waals surface area contributed by atoms with Gasteiger partial charge in [-0.05, 0) is 0 Å². The monoisotopic (exact) mass is 572 g/mol. The van der Waals surface area contributed by atoms with Crippen LogP contribution in [0.15, 0.2) is 51.8 Å². The predicted octanol–water partition coefficient (Wildman–Crippen LogP) is 8.87. The Morgan fingerprint density at radius 2 is 1.36 bits per heavy atom. The molecule has 2 fully saturated rings. The average molecular weight is 574 g/mol. The van der Waals surface area contributed by atoms with Crippen molar-refractivity contribution in [2.75, 3.05) is 0 Å². The van der Waals surface area contributed by atoms with E-state index in [4.69, 9.17) is 0 Å². The van der Waals surface area contributed by atoms with Crippen LogP contribution >= 0.6 is 0 Å². The summed E-state index contributed by atoms with van der Waals surface area (Å²) in [7, 11) is 0. The van der Waals surface area contributed by atoms with E-state index in [-0.39, 0.29) is 0 Å². The van der Waals surface area contributed by atoms with Crippen molar-refractivity contribution >= 4 is 10.2 Å². The molecule has 190 valence electrons. The second-order valence-electron chi connectivity index (χ2n) is 13.0. The van der Waals surface area contributed by atoms with Crippen LogP contribution in [0.1, 0.15) is 106 Å². The first-order valence-corrected chi connectivity index (χ1v) is 26.4. The first kappa shape index (κ1) is 25.3. The molecule has 2 heteroatoms. The molecule has 0 bridgehead atoms. The number of rotatable bonds is 4. The predicted molar refractivity (Wildman–Crippen MR) is 157 cm³/mol. The molecular formula is C34H46SiZr. The minimum atomic E-state index is -3.78. The van der Waals surface area contributed by atoms with E-state index in [1.165, 1.54) is 101 Å². The van der Waals surface area contributed by atoms with Crippen LogP contribution in [0.4, 0.5) is 0 Å². The summed E-state index contributed by atoms with van der Waals surface area (Å²) in [4.78, 5) is 0. The molecule has 2 saturated carbocycles. The van der Waals surface area contributed by atoms with Crippen LogP contribution in [0.25, 0.3) is 11.1 Å². The number of benzene rings is 2. The molecule has 2 aromatic carbocycles. The van der Waals surface area contributed by atoms with Gasteiger partial charge in [-0.1, -0.05) is 0 Å². The van der Waals surface area contributed by atoms with E-state index < -0.39 is 17.4 Å². The molecular weight excluding hydrogens is 528 g/mol. The van der Waals surface area contributed by atoms with Gasteiger partial charge in [-0.2, -0.15) is 0 Å². The van der Waals surface area contributed by atoms with Gasteiger partial charge in [0.15, 0.2) is 0 Å². The van der Waals surface area contributed by atoms with Gasteiger partial charge >= 0.3 is 224 Å². The van der Waals surface area contributed by atoms with Crippen LogP contribution in [0.2, 0.25) is 7.25 Å². The topological polar surface area (TPSA) is 0 Å². The minimum absolute atomic E-state index is 0.956. The summed E-state index contributed by atoms with van der Waals surface area (Å²) >= 11 is -3.78. The van der Waals surface area contributed by atoms with Crippen LogP contribution in [-0.4, -0.2) is 6.88 Å². The van der Waals surface area contributed by atoms with Gasteiger partial charge in [-0.15, -0.1) is 0 Å². The van der Waals surface area contributed by atoms with Crippen LogP contribution < -0.4 is 3.27 Å². The van der Waals surface area contributed by atoms with Crippen LogP contribution in [0, 0.1) is 13.8 Å². The Morgan fingerprint density at radius 3 is 1.94 bits per heavy atom. The standard InChI is InChI=1S/C15H13.2C7H13.C5H5.H2Si.Zr/c1-10-3-5-14-12(7-10)9-13-8-11(2)4-6-15(13)14;2*1-2-4-6-7-5-3-1;1-2-4-5-3-1;;/h3-7H,9H2,1-2H3;2*1H,2-7H2;1-3H,4H2;1H2;. The summed E-state index contributed by atoms with van der Waals surface area (Å²) in [6, 6.07) is 12.3. The average Bonchev–Trinajstić information content (AvgIpc) is 3.32. The van der Waals surface area contributed by atoms with Gasteiger partial charge in [0.05, 0.1) is 0 Å². The molecule has 6 rings (SSSR count). The first-order chi connectivity index (χ1) is 17.5. The number of allylic oxidation sites excluding steroid dienone is 4. The summed E-state index contributed by atoms with van der Waals surface area (Å²) in [5.74, 6) is 0. The molecule has 0 amide bonds. The zero-order chi connectivity index (χ0) is 24.8. The van der Waals surface area contributed by atoms with Crippen molar-refractivity contribution in [3.8, 4) is 11.1 Å². The van der Waals surface area contributed by atoms with Crippen molar-refractivity contribution in [2.24, 2.45) is 0 Å². The van der Waals surface area contributed by atoms with Gasteiger partial charge in [0.25, 0.3) is 0 Å². The maximum atomic E-state index is 2.71. The van der Waals surface area contributed by atoms with Gasteiger partial charge in [-0.3, -0.25) is 0 Å². The van der Waals surface area contributed by atoms with Gasteiger partial charge in [0.2, 0.25) is 0 Å². The molecule has 2 aromatic rings. The molecule has 0 heterocycles. The molecule has 4 aliphatic rings. The zero-order valence-electron chi connectivity index (χ0n) is 22.9. The van der Waals surface area contributed by atoms with Crippen molar-refractivity contribution < 1.29 is 17.4 Å². The van der Waals surface area contributed by atoms with E-state index >= 15 is 0 Å². The Bertz CT molecular complexity index is 1250. The molecule has 0 nitrogen and oxygen atoms in total. The van der Waals surface area contributed by atoms with Gasteiger partial charge in [0, 0.05) is 0 Å². The van der Waals surface area contributed by atoms with E-state index in [0.29, 0.717) is 0 Å². The molecule has 0 aliphatic heterocycles. The van der Waals surface area contributed by atoms with Crippen LogP contribution in [-0.2, 0) is 23.8 Å². The normalized spacial score (nSPS) is 21.6. The van der Waals surface area contributed by atoms with Gasteiger partial charge < -0.3 is 0 Å². The third-order valence-corrected chi connectivity index (χ3v) is 44.0. The van der Waals surface area contributed by atoms with Crippen molar-refractivity contribution in [1.29, 1.82) is 0 Å². The van der Waals surface area contributed by atoms with E-state index in [9.17, 15) is 0 Å². The first-order valence-electron chi connectivity index (χ1n) is 15.1. The number of hydrogen-bond acceptors (Lipinski definition) is 0. The summed E-state index contributed by atoms with van der Waals surface area (Å²) in [6.07, 6.45) is 27.8. The molecule has 36 heavy (non-hydrogen) atoms. The molecule has 4 aliphatic carbocycles. The second kappa shape index (κ2) is 9.96. The van der Waals surface area contributed by atoms with E-state index in [1.54, 1.807) is 22.3 Å². The quantitative estimate of drug-likeness (QED) is 0.216. The summed E-state index contributed by atoms with van der Waals surface area (Å²) in [6.45, 7) is 7.50. The van der Waals surface area contributed by atoms with Gasteiger partial charge in [0.1, 0.15) is 0 Å². The second-order valence-corrected chi connectivity index (χ2v) is 36.8. The summed E-state index contributed by atoms with van der Waals surface area (Å²) in [5.41, 5.74) is 9.55. The molecule has 0 spiro atoms.